The summed E-state index contributed by atoms with van der Waals surface area (Å²) in [6.45, 7) is 2.03. The lowest BCUT2D eigenvalue weighted by Gasteiger charge is -2.08. The third kappa shape index (κ3) is 2.39. The molecule has 20 heavy (non-hydrogen) atoms. The molecule has 0 amide bonds. The predicted molar refractivity (Wildman–Crippen MR) is 83.8 cm³/mol. The molecule has 2 aromatic carbocycles. The Labute approximate surface area is 125 Å². The largest absolute Gasteiger partial charge is 0.497 e. The van der Waals surface area contributed by atoms with Gasteiger partial charge in [0.05, 0.1) is 12.6 Å². The van der Waals surface area contributed by atoms with E-state index < -0.39 is 0 Å². The minimum atomic E-state index is 0.785. The number of rotatable bonds is 3. The van der Waals surface area contributed by atoms with Crippen LogP contribution in [-0.4, -0.2) is 12.1 Å². The number of H-pyrrole nitrogens is 1. The van der Waals surface area contributed by atoms with Gasteiger partial charge in [-0.3, -0.25) is 0 Å². The Morgan fingerprint density at radius 3 is 2.40 bits per heavy atom. The lowest BCUT2D eigenvalue weighted by atomic mass is 10.2. The van der Waals surface area contributed by atoms with Crippen LogP contribution in [0.2, 0.25) is 0 Å². The van der Waals surface area contributed by atoms with Crippen LogP contribution in [0.25, 0.3) is 10.9 Å². The van der Waals surface area contributed by atoms with E-state index >= 15 is 0 Å². The van der Waals surface area contributed by atoms with E-state index in [1.165, 1.54) is 0 Å². The van der Waals surface area contributed by atoms with Crippen molar-refractivity contribution in [3.05, 3.63) is 52.6 Å². The first-order chi connectivity index (χ1) is 9.67. The number of aromatic amines is 1. The van der Waals surface area contributed by atoms with Crippen LogP contribution in [0.1, 0.15) is 5.69 Å². The Morgan fingerprint density at radius 1 is 1.00 bits per heavy atom. The molecule has 0 aliphatic rings. The smallest absolute Gasteiger partial charge is 0.136 e. The molecule has 1 aromatic heterocycles. The van der Waals surface area contributed by atoms with Crippen molar-refractivity contribution in [1.82, 2.24) is 4.98 Å². The third-order valence-electron chi connectivity index (χ3n) is 3.12. The summed E-state index contributed by atoms with van der Waals surface area (Å²) in [5.41, 5.74) is 2.15. The monoisotopic (exact) mass is 331 g/mol. The minimum Gasteiger partial charge on any atom is -0.497 e. The summed E-state index contributed by atoms with van der Waals surface area (Å²) in [5, 5.41) is 1.06. The Balaban J connectivity index is 1.99. The highest BCUT2D eigenvalue weighted by atomic mass is 79.9. The van der Waals surface area contributed by atoms with Crippen LogP contribution in [0.5, 0.6) is 17.2 Å². The average molecular weight is 332 g/mol. The lowest BCUT2D eigenvalue weighted by molar-refractivity contribution is 0.413. The van der Waals surface area contributed by atoms with Crippen LogP contribution >= 0.6 is 15.9 Å². The number of fused-ring (bicyclic) bond motifs is 1. The second-order valence-corrected chi connectivity index (χ2v) is 5.42. The molecule has 0 saturated carbocycles. The summed E-state index contributed by atoms with van der Waals surface area (Å²) in [5.74, 6) is 2.43. The summed E-state index contributed by atoms with van der Waals surface area (Å²) < 4.78 is 12.1. The zero-order valence-corrected chi connectivity index (χ0v) is 12.8. The van der Waals surface area contributed by atoms with Gasteiger partial charge in [0.2, 0.25) is 0 Å². The highest BCUT2D eigenvalue weighted by Crippen LogP contribution is 2.34. The second-order valence-electron chi connectivity index (χ2n) is 4.56. The van der Waals surface area contributed by atoms with Crippen molar-refractivity contribution in [3.8, 4) is 17.2 Å². The van der Waals surface area contributed by atoms with Crippen molar-refractivity contribution in [1.29, 1.82) is 0 Å². The number of aryl methyl sites for hydroxylation is 1. The molecule has 0 fully saturated rings. The van der Waals surface area contributed by atoms with Crippen LogP contribution in [0, 0.1) is 6.92 Å². The van der Waals surface area contributed by atoms with Crippen molar-refractivity contribution < 1.29 is 9.47 Å². The van der Waals surface area contributed by atoms with Gasteiger partial charge in [-0.2, -0.15) is 0 Å². The number of aromatic nitrogens is 1. The van der Waals surface area contributed by atoms with E-state index in [0.717, 1.165) is 38.3 Å². The van der Waals surface area contributed by atoms with Crippen LogP contribution in [0.4, 0.5) is 0 Å². The van der Waals surface area contributed by atoms with Gasteiger partial charge < -0.3 is 14.5 Å². The molecule has 102 valence electrons. The van der Waals surface area contributed by atoms with Gasteiger partial charge in [-0.15, -0.1) is 0 Å². The summed E-state index contributed by atoms with van der Waals surface area (Å²) in [6.07, 6.45) is 0. The molecular formula is C16H14BrNO2. The van der Waals surface area contributed by atoms with Crippen molar-refractivity contribution >= 4 is 26.8 Å². The summed E-state index contributed by atoms with van der Waals surface area (Å²) >= 11 is 3.55. The molecule has 1 N–H and O–H groups in total. The van der Waals surface area contributed by atoms with Gasteiger partial charge in [0.25, 0.3) is 0 Å². The molecule has 0 bridgehead atoms. The number of hydrogen-bond donors (Lipinski definition) is 1. The quantitative estimate of drug-likeness (QED) is 0.729. The maximum Gasteiger partial charge on any atom is 0.136 e. The predicted octanol–water partition coefficient (Wildman–Crippen LogP) is 5.04. The zero-order chi connectivity index (χ0) is 14.1. The molecule has 3 rings (SSSR count). The van der Waals surface area contributed by atoms with Crippen molar-refractivity contribution in [2.75, 3.05) is 7.11 Å². The van der Waals surface area contributed by atoms with E-state index in [0.29, 0.717) is 0 Å². The zero-order valence-electron chi connectivity index (χ0n) is 11.2. The van der Waals surface area contributed by atoms with Gasteiger partial charge in [0, 0.05) is 15.6 Å². The van der Waals surface area contributed by atoms with Crippen LogP contribution in [0.3, 0.4) is 0 Å². The SMILES string of the molecule is COc1ccc(Oc2ccc(Br)c3[nH]c(C)cc23)cc1. The normalized spacial score (nSPS) is 10.8. The number of nitrogens with one attached hydrogen (secondary N) is 1. The maximum absolute atomic E-state index is 5.96. The third-order valence-corrected chi connectivity index (χ3v) is 3.79. The molecule has 0 unspecified atom stereocenters. The Hall–Kier alpha value is -1.94. The molecule has 3 aromatic rings. The number of methoxy groups -OCH3 is 1. The average Bonchev–Trinajstić information content (AvgIpc) is 2.86. The van der Waals surface area contributed by atoms with E-state index in [1.54, 1.807) is 7.11 Å². The standard InChI is InChI=1S/C16H14BrNO2/c1-10-9-13-15(8-7-14(17)16(13)18-10)20-12-5-3-11(19-2)4-6-12/h3-9,18H,1-2H3. The first-order valence-electron chi connectivity index (χ1n) is 6.27. The van der Waals surface area contributed by atoms with E-state index in [1.807, 2.05) is 43.3 Å². The molecule has 0 aliphatic carbocycles. The van der Waals surface area contributed by atoms with Gasteiger partial charge in [0.15, 0.2) is 0 Å². The van der Waals surface area contributed by atoms with E-state index in [4.69, 9.17) is 9.47 Å². The summed E-state index contributed by atoms with van der Waals surface area (Å²) in [6, 6.07) is 13.6. The molecule has 0 spiro atoms. The highest BCUT2D eigenvalue weighted by molar-refractivity contribution is 9.10. The van der Waals surface area contributed by atoms with E-state index in [2.05, 4.69) is 27.0 Å². The molecule has 0 aliphatic heterocycles. The molecule has 0 atom stereocenters. The summed E-state index contributed by atoms with van der Waals surface area (Å²) in [7, 11) is 1.65. The maximum atomic E-state index is 5.96. The topological polar surface area (TPSA) is 34.2 Å². The van der Waals surface area contributed by atoms with Gasteiger partial charge >= 0.3 is 0 Å². The van der Waals surface area contributed by atoms with Gasteiger partial charge in [-0.25, -0.2) is 0 Å². The lowest BCUT2D eigenvalue weighted by Crippen LogP contribution is -1.86. The fourth-order valence-corrected chi connectivity index (χ4v) is 2.60. The fourth-order valence-electron chi connectivity index (χ4n) is 2.15. The fraction of sp³-hybridized carbons (Fsp3) is 0.125. The molecule has 3 nitrogen and oxygen atoms in total. The number of halogens is 1. The van der Waals surface area contributed by atoms with Crippen LogP contribution in [-0.2, 0) is 0 Å². The first-order valence-corrected chi connectivity index (χ1v) is 7.06. The second kappa shape index (κ2) is 5.21. The van der Waals surface area contributed by atoms with Gasteiger partial charge in [0.1, 0.15) is 17.2 Å². The van der Waals surface area contributed by atoms with E-state index in [9.17, 15) is 0 Å². The first kappa shape index (κ1) is 13.1. The molecule has 0 radical (unpaired) electrons. The molecule has 0 saturated heterocycles. The van der Waals surface area contributed by atoms with Crippen LogP contribution < -0.4 is 9.47 Å². The Kier molecular flexibility index (Phi) is 3.40. The number of benzene rings is 2. The Bertz CT molecular complexity index is 747. The molecule has 4 heteroatoms. The van der Waals surface area contributed by atoms with Crippen molar-refractivity contribution in [2.24, 2.45) is 0 Å². The van der Waals surface area contributed by atoms with Crippen molar-refractivity contribution in [2.45, 2.75) is 6.92 Å². The van der Waals surface area contributed by atoms with Crippen molar-refractivity contribution in [3.63, 3.8) is 0 Å². The molecule has 1 heterocycles. The Morgan fingerprint density at radius 2 is 1.70 bits per heavy atom. The number of ether oxygens (including phenoxy) is 2. The highest BCUT2D eigenvalue weighted by Gasteiger charge is 2.09. The minimum absolute atomic E-state index is 0.785. The van der Waals surface area contributed by atoms with E-state index in [-0.39, 0.29) is 0 Å². The summed E-state index contributed by atoms with van der Waals surface area (Å²) in [4.78, 5) is 3.32. The van der Waals surface area contributed by atoms with Gasteiger partial charge in [-0.1, -0.05) is 0 Å². The van der Waals surface area contributed by atoms with Gasteiger partial charge in [-0.05, 0) is 65.3 Å². The van der Waals surface area contributed by atoms with Crippen LogP contribution in [0.15, 0.2) is 46.9 Å². The number of hydrogen-bond acceptors (Lipinski definition) is 2. The molecular weight excluding hydrogens is 318 g/mol.